The highest BCUT2D eigenvalue weighted by atomic mass is 32.2. The van der Waals surface area contributed by atoms with Crippen molar-refractivity contribution in [2.24, 2.45) is 17.8 Å². The second-order valence-electron chi connectivity index (χ2n) is 16.0. The largest absolute Gasteiger partial charge is 0.691 e. The summed E-state index contributed by atoms with van der Waals surface area (Å²) in [4.78, 5) is 13.2. The summed E-state index contributed by atoms with van der Waals surface area (Å²) < 4.78 is 35.7. The van der Waals surface area contributed by atoms with Gasteiger partial charge in [-0.2, -0.15) is 0 Å². The predicted molar refractivity (Wildman–Crippen MR) is 324 cm³/mol. The molecule has 2 aliphatic rings. The van der Waals surface area contributed by atoms with Crippen molar-refractivity contribution >= 4 is 18.2 Å². The third-order valence-electron chi connectivity index (χ3n) is 11.0. The van der Waals surface area contributed by atoms with Gasteiger partial charge in [-0.15, -0.1) is 4.33 Å². The van der Waals surface area contributed by atoms with E-state index in [0.717, 1.165) is 18.4 Å². The molecular weight excluding hydrogens is 911 g/mol. The zero-order valence-electron chi connectivity index (χ0n) is 41.0. The van der Waals surface area contributed by atoms with Crippen LogP contribution >= 0.6 is 12.3 Å². The van der Waals surface area contributed by atoms with E-state index in [1.54, 1.807) is 6.92 Å². The molecule has 0 bridgehead atoms. The van der Waals surface area contributed by atoms with E-state index < -0.39 is 48.8 Å². The van der Waals surface area contributed by atoms with Gasteiger partial charge in [0.2, 0.25) is 0 Å². The summed E-state index contributed by atoms with van der Waals surface area (Å²) in [6.07, 6.45) is 14.7. The monoisotopic (exact) mass is 1020 g/mol. The van der Waals surface area contributed by atoms with E-state index in [1.807, 2.05) is 37.3 Å². The lowest BCUT2D eigenvalue weighted by Gasteiger charge is -2.48. The Balaban J connectivity index is -0.000000111. The lowest BCUT2D eigenvalue weighted by Crippen LogP contribution is -2.60. The van der Waals surface area contributed by atoms with Crippen LogP contribution in [-0.2, 0) is 37.3 Å². The van der Waals surface area contributed by atoms with Crippen LogP contribution in [0, 0.1) is 160 Å². The van der Waals surface area contributed by atoms with Gasteiger partial charge in [-0.3, -0.25) is 14.0 Å². The Morgan fingerprint density at radius 2 is 1.30 bits per heavy atom. The number of ether oxygens (including phenoxy) is 4. The molecular formula is C60H106NO9S-. The molecule has 412 valence electrons. The predicted octanol–water partition coefficient (Wildman–Crippen LogP) is 13.2. The number of benzene rings is 1. The number of rotatable bonds is 23. The Hall–Kier alpha value is -6.82. The van der Waals surface area contributed by atoms with Crippen molar-refractivity contribution in [3.05, 3.63) is 48.0 Å². The number of amides is 1. The van der Waals surface area contributed by atoms with Crippen LogP contribution in [0.15, 0.2) is 42.5 Å². The van der Waals surface area contributed by atoms with Crippen LogP contribution in [0.25, 0.3) is 0 Å². The third kappa shape index (κ3) is 26.1. The first-order valence-corrected chi connectivity index (χ1v) is 24.3. The van der Waals surface area contributed by atoms with E-state index in [4.69, 9.17) is 23.1 Å². The van der Waals surface area contributed by atoms with Crippen LogP contribution in [0.5, 0.6) is 0 Å². The molecule has 1 aromatic carbocycles. The molecule has 71 heavy (non-hydrogen) atoms. The van der Waals surface area contributed by atoms with E-state index in [1.165, 1.54) is 57.8 Å². The smallest absolute Gasteiger partial charge is 0.297 e. The Labute approximate surface area is 463 Å². The summed E-state index contributed by atoms with van der Waals surface area (Å²) in [5, 5.41) is 17.2. The number of hydrogen-bond acceptors (Lipinski definition) is 10. The maximum absolute atomic E-state index is 13.2. The fraction of sp³-hybridized carbons (Fsp3) is 0.450. The molecule has 0 saturated carbocycles. The Morgan fingerprint density at radius 1 is 0.761 bits per heavy atom. The fourth-order valence-corrected chi connectivity index (χ4v) is 7.44. The molecule has 6 unspecified atom stereocenters. The summed E-state index contributed by atoms with van der Waals surface area (Å²) in [5.74, 6) is 60.2. The molecule has 0 aromatic heterocycles. The number of allylic oxidation sites excluding steroid dienone is 2. The van der Waals surface area contributed by atoms with Gasteiger partial charge in [-0.1, -0.05) is 127 Å². The molecule has 0 radical (unpaired) electrons. The second kappa shape index (κ2) is 39.0. The number of carbonyl (C=O) groups excluding carboxylic acids is 1. The number of fused-ring (bicyclic) bond motifs is 1. The molecule has 1 amide bonds. The molecule has 1 aromatic rings. The van der Waals surface area contributed by atoms with Crippen molar-refractivity contribution in [2.75, 3.05) is 13.2 Å². The summed E-state index contributed by atoms with van der Waals surface area (Å²) in [7, 11) is 0. The molecule has 9 atom stereocenters. The molecule has 2 heterocycles. The van der Waals surface area contributed by atoms with E-state index in [0.29, 0.717) is 12.3 Å². The van der Waals surface area contributed by atoms with Crippen LogP contribution in [0.3, 0.4) is 0 Å². The highest BCUT2D eigenvalue weighted by molar-refractivity contribution is 7.89. The van der Waals surface area contributed by atoms with E-state index in [9.17, 15) is 10.1 Å². The zero-order valence-corrected chi connectivity index (χ0v) is 41.8. The second-order valence-corrected chi connectivity index (χ2v) is 16.5. The summed E-state index contributed by atoms with van der Waals surface area (Å²) >= 11 is 0.406. The molecule has 2 aliphatic heterocycles. The Kier molecular flexibility index (Phi) is 32.1. The highest BCUT2D eigenvalue weighted by Gasteiger charge is 2.50. The Morgan fingerprint density at radius 3 is 1.85 bits per heavy atom. The first kappa shape index (κ1) is 58.5. The van der Waals surface area contributed by atoms with Crippen LogP contribution in [0.2, 0.25) is 0 Å². The van der Waals surface area contributed by atoms with Gasteiger partial charge in [-0.25, -0.2) is 0 Å². The van der Waals surface area contributed by atoms with Crippen LogP contribution in [-0.4, -0.2) is 49.8 Å². The SMILES string of the molecule is CC#CC#CC#CC#CC#CC#CC#CC#CC#CC#CC#CC#CC(=O)N[C@@H](COC1OC2COC(c3ccccc3)OC2C(OSOO[O-])C1C)[C@H](C)[C@H](C)CC=CCCCCCCCCCCC.[HH].[HH].[HH].[HH].[HH].[HH].[HH].[HH].[HH].[HH].[HH].[HH].[HH].[HH].[HH].[HH].[HH].[HH].[HH].[HH].[HH].[HH].[HH].[HH]. The van der Waals surface area contributed by atoms with Gasteiger partial charge in [0.05, 0.1) is 19.3 Å². The number of carbonyl (C=O) groups is 1. The first-order chi connectivity index (χ1) is 34.9. The molecule has 0 spiro atoms. The third-order valence-corrected chi connectivity index (χ3v) is 11.4. The van der Waals surface area contributed by atoms with Crippen LogP contribution < -0.4 is 10.6 Å². The van der Waals surface area contributed by atoms with Crippen molar-refractivity contribution in [3.63, 3.8) is 0 Å². The number of hydrogen-bond donors (Lipinski definition) is 1. The average molecular weight is 1020 g/mol. The average Bonchev–Trinajstić information content (AvgIpc) is 3.38. The number of unbranched alkanes of at least 4 members (excludes halogenated alkanes) is 9. The maximum atomic E-state index is 13.2. The lowest BCUT2D eigenvalue weighted by molar-refractivity contribution is -0.777. The number of nitrogens with one attached hydrogen (secondary N) is 1. The molecule has 2 saturated heterocycles. The van der Waals surface area contributed by atoms with Gasteiger partial charge in [0, 0.05) is 87.2 Å². The molecule has 3 rings (SSSR count). The minimum absolute atomic E-state index is 0. The van der Waals surface area contributed by atoms with Gasteiger partial charge < -0.3 is 29.5 Å². The van der Waals surface area contributed by atoms with Gasteiger partial charge in [-0.05, 0) is 133 Å². The summed E-state index contributed by atoms with van der Waals surface area (Å²) in [6.45, 7) is 10.3. The quantitative estimate of drug-likeness (QED) is 0.0284. The Bertz CT molecular complexity index is 2740. The molecule has 2 fully saturated rings. The van der Waals surface area contributed by atoms with Crippen molar-refractivity contribution in [1.82, 2.24) is 5.32 Å². The van der Waals surface area contributed by atoms with Crippen molar-refractivity contribution in [1.29, 1.82) is 0 Å². The minimum Gasteiger partial charge on any atom is -0.691 e. The van der Waals surface area contributed by atoms with E-state index in [-0.39, 0.29) is 59.3 Å². The van der Waals surface area contributed by atoms with Gasteiger partial charge >= 0.3 is 0 Å². The lowest BCUT2D eigenvalue weighted by atomic mass is 9.86. The normalized spacial score (nSPS) is 18.9. The first-order valence-electron chi connectivity index (χ1n) is 23.6. The summed E-state index contributed by atoms with van der Waals surface area (Å²) in [5.41, 5.74) is 0.835. The molecule has 10 nitrogen and oxygen atoms in total. The maximum Gasteiger partial charge on any atom is 0.297 e. The molecule has 11 heteroatoms. The van der Waals surface area contributed by atoms with Crippen LogP contribution in [0.4, 0.5) is 0 Å². The summed E-state index contributed by atoms with van der Waals surface area (Å²) in [6, 6.07) is 9.06. The van der Waals surface area contributed by atoms with Crippen LogP contribution in [0.1, 0.15) is 151 Å². The standard InChI is InChI=1S/C60H59NO9S.24H2/c1-6-8-10-12-14-16-18-20-21-22-23-24-25-26-27-28-29-30-32-34-36-38-43-47-56(62)61-54(51(4)50(3)44-40-37-35-33-31-19-17-15-13-11-9-7-2)48-64-59-52(5)57(68-71-70-69-63)58-55(66-59)49-65-60(67-58)53-45-41-39-42-46-53;;;;;;;;;;;;;;;;;;;;;;;;/h37,39-42,45-46,50-52,54-55,57-60,63H,7,9,11,13,15,17,19,31,33,35,44,48-49H2,1-5H3,(H,61,62);24*1H/p-1/t50-,51-,52?,54+,55?,57?,58?,59?,60?;;;;;;;;;;;;;;;;;;;;;;;;/m1......................../s1. The van der Waals surface area contributed by atoms with Gasteiger partial charge in [0.1, 0.15) is 18.3 Å². The fourth-order valence-electron chi connectivity index (χ4n) is 7.01. The highest BCUT2D eigenvalue weighted by Crippen LogP contribution is 2.39. The zero-order chi connectivity index (χ0) is 50.8. The van der Waals surface area contributed by atoms with Crippen molar-refractivity contribution in [2.45, 2.75) is 142 Å². The molecule has 1 N–H and O–H groups in total. The van der Waals surface area contributed by atoms with E-state index in [2.05, 4.69) is 190 Å². The minimum atomic E-state index is -0.803. The van der Waals surface area contributed by atoms with E-state index >= 15 is 0 Å². The molecule has 0 aliphatic carbocycles. The van der Waals surface area contributed by atoms with Crippen molar-refractivity contribution < 1.29 is 76.8 Å². The van der Waals surface area contributed by atoms with Gasteiger partial charge in [0.15, 0.2) is 24.9 Å². The van der Waals surface area contributed by atoms with Gasteiger partial charge in [0.25, 0.3) is 5.91 Å². The van der Waals surface area contributed by atoms with Crippen molar-refractivity contribution in [3.8, 4) is 142 Å². The topological polar surface area (TPSA) is 117 Å².